The van der Waals surface area contributed by atoms with E-state index in [9.17, 15) is 24.6 Å². The maximum absolute atomic E-state index is 16.3. The average molecular weight is 657 g/mol. The van der Waals surface area contributed by atoms with Gasteiger partial charge in [0, 0.05) is 34.7 Å². The summed E-state index contributed by atoms with van der Waals surface area (Å²) in [5, 5.41) is 20.4. The molecule has 2 aliphatic rings. The Morgan fingerprint density at radius 1 is 1.11 bits per heavy atom. The van der Waals surface area contributed by atoms with Crippen LogP contribution in [0, 0.1) is 11.6 Å². The zero-order valence-corrected chi connectivity index (χ0v) is 26.4. The lowest BCUT2D eigenvalue weighted by atomic mass is 9.76. The lowest BCUT2D eigenvalue weighted by Crippen LogP contribution is -2.53. The number of hydrogen-bond acceptors (Lipinski definition) is 6. The van der Waals surface area contributed by atoms with E-state index >= 15 is 8.78 Å². The molecule has 2 amide bonds. The number of carbonyl (C=O) groups excluding carboxylic acids is 2. The molecule has 1 heterocycles. The van der Waals surface area contributed by atoms with E-state index in [4.69, 9.17) is 26.8 Å². The van der Waals surface area contributed by atoms with Crippen molar-refractivity contribution in [1.29, 1.82) is 0 Å². The predicted molar refractivity (Wildman–Crippen MR) is 166 cm³/mol. The van der Waals surface area contributed by atoms with Crippen molar-refractivity contribution in [3.63, 3.8) is 0 Å². The number of ether oxygens (including phenoxy) is 2. The number of carboxylic acid groups (broad SMARTS) is 1. The van der Waals surface area contributed by atoms with Crippen molar-refractivity contribution >= 4 is 29.4 Å². The molecule has 244 valence electrons. The molecule has 3 aromatic carbocycles. The summed E-state index contributed by atoms with van der Waals surface area (Å²) < 4.78 is 43.9. The van der Waals surface area contributed by atoms with Gasteiger partial charge in [-0.2, -0.15) is 0 Å². The number of nitrogens with two attached hydrogens (primary N) is 1. The summed E-state index contributed by atoms with van der Waals surface area (Å²) in [7, 11) is 0. The van der Waals surface area contributed by atoms with Gasteiger partial charge in [0.15, 0.2) is 23.0 Å². The van der Waals surface area contributed by atoms with Gasteiger partial charge >= 0.3 is 6.09 Å². The number of rotatable bonds is 9. The third-order valence-corrected chi connectivity index (χ3v) is 9.46. The van der Waals surface area contributed by atoms with Crippen LogP contribution in [-0.4, -0.2) is 57.7 Å². The number of hydrogen-bond donors (Lipinski definition) is 3. The fourth-order valence-corrected chi connectivity index (χ4v) is 6.87. The monoisotopic (exact) mass is 656 g/mol. The summed E-state index contributed by atoms with van der Waals surface area (Å²) in [6.07, 6.45) is 0.432. The van der Waals surface area contributed by atoms with Crippen molar-refractivity contribution in [2.75, 3.05) is 13.2 Å². The predicted octanol–water partition coefficient (Wildman–Crippen LogP) is 6.42. The molecular weight excluding hydrogens is 622 g/mol. The molecule has 4 N–H and O–H groups in total. The summed E-state index contributed by atoms with van der Waals surface area (Å²) in [6.45, 7) is 4.06. The second-order valence-electron chi connectivity index (χ2n) is 12.3. The molecule has 0 radical (unpaired) electrons. The van der Waals surface area contributed by atoms with Crippen molar-refractivity contribution in [3.05, 3.63) is 81.9 Å². The second kappa shape index (κ2) is 12.5. The lowest BCUT2D eigenvalue weighted by molar-refractivity contribution is -0.118. The van der Waals surface area contributed by atoms with Crippen LogP contribution in [0.1, 0.15) is 73.9 Å². The van der Waals surface area contributed by atoms with E-state index in [0.29, 0.717) is 31.2 Å². The third-order valence-electron chi connectivity index (χ3n) is 9.09. The van der Waals surface area contributed by atoms with E-state index < -0.39 is 64.0 Å². The van der Waals surface area contributed by atoms with Crippen LogP contribution in [0.3, 0.4) is 0 Å². The maximum Gasteiger partial charge on any atom is 0.407 e. The Hall–Kier alpha value is -4.22. The smallest absolute Gasteiger partial charge is 0.407 e. The third kappa shape index (κ3) is 6.01. The first kappa shape index (κ1) is 33.2. The van der Waals surface area contributed by atoms with Crippen molar-refractivity contribution in [2.24, 2.45) is 5.73 Å². The first-order valence-electron chi connectivity index (χ1n) is 14.9. The molecule has 5 rings (SSSR count). The van der Waals surface area contributed by atoms with E-state index in [1.165, 1.54) is 17.9 Å². The minimum absolute atomic E-state index is 0.0185. The molecule has 1 fully saturated rings. The lowest BCUT2D eigenvalue weighted by Gasteiger charge is -2.43. The second-order valence-corrected chi connectivity index (χ2v) is 12.7. The average Bonchev–Trinajstić information content (AvgIpc) is 3.27. The maximum atomic E-state index is 16.3. The Morgan fingerprint density at radius 3 is 2.35 bits per heavy atom. The molecule has 3 aromatic rings. The minimum atomic E-state index is -1.44. The molecule has 1 aliphatic heterocycles. The molecule has 0 unspecified atom stereocenters. The van der Waals surface area contributed by atoms with Crippen LogP contribution in [-0.2, 0) is 10.4 Å². The summed E-state index contributed by atoms with van der Waals surface area (Å²) >= 11 is 6.58. The molecular formula is C34H35ClF2N2O7. The summed E-state index contributed by atoms with van der Waals surface area (Å²) in [4.78, 5) is 38.3. The Labute approximate surface area is 269 Å². The molecule has 0 saturated heterocycles. The summed E-state index contributed by atoms with van der Waals surface area (Å²) in [5.41, 5.74) is 3.17. The zero-order valence-electron chi connectivity index (χ0n) is 25.6. The van der Waals surface area contributed by atoms with E-state index in [-0.39, 0.29) is 40.5 Å². The topological polar surface area (TPSA) is 139 Å². The highest BCUT2D eigenvalue weighted by molar-refractivity contribution is 6.34. The highest BCUT2D eigenvalue weighted by Gasteiger charge is 2.52. The fraction of sp³-hybridized carbons (Fsp3) is 0.382. The van der Waals surface area contributed by atoms with Gasteiger partial charge in [-0.1, -0.05) is 48.9 Å². The molecule has 0 aromatic heterocycles. The molecule has 2 atom stereocenters. The molecule has 0 spiro atoms. The Kier molecular flexibility index (Phi) is 9.03. The van der Waals surface area contributed by atoms with Gasteiger partial charge in [-0.05, 0) is 57.2 Å². The number of ketones is 1. The number of Topliss-reactive ketones (excluding diaryl/α,β-unsaturated/α-hetero) is 1. The van der Waals surface area contributed by atoms with Gasteiger partial charge in [0.2, 0.25) is 5.91 Å². The van der Waals surface area contributed by atoms with Gasteiger partial charge in [-0.3, -0.25) is 9.59 Å². The van der Waals surface area contributed by atoms with Crippen LogP contribution in [0.5, 0.6) is 11.5 Å². The van der Waals surface area contributed by atoms with Crippen molar-refractivity contribution in [3.8, 4) is 22.6 Å². The van der Waals surface area contributed by atoms with E-state index in [2.05, 4.69) is 0 Å². The van der Waals surface area contributed by atoms with Gasteiger partial charge < -0.3 is 30.3 Å². The van der Waals surface area contributed by atoms with Gasteiger partial charge in [-0.25, -0.2) is 13.6 Å². The van der Waals surface area contributed by atoms with Gasteiger partial charge in [0.1, 0.15) is 18.2 Å². The number of primary amides is 1. The van der Waals surface area contributed by atoms with Crippen LogP contribution in [0.4, 0.5) is 13.6 Å². The van der Waals surface area contributed by atoms with Crippen LogP contribution in [0.2, 0.25) is 5.02 Å². The fourth-order valence-electron chi connectivity index (χ4n) is 6.62. The minimum Gasteiger partial charge on any atom is -0.483 e. The molecule has 46 heavy (non-hydrogen) atoms. The van der Waals surface area contributed by atoms with E-state index in [1.807, 2.05) is 0 Å². The largest absolute Gasteiger partial charge is 0.483 e. The number of amides is 2. The first-order valence-corrected chi connectivity index (χ1v) is 15.3. The van der Waals surface area contributed by atoms with Crippen LogP contribution < -0.4 is 15.2 Å². The standard InChI is InChI=1S/C34H35ClF2N2O7/c1-18(40)16-45-24-10-9-22(31(38)41)27(30(24)37)28-26-19(2)34(20-7-5-4-6-8-20,46-25(26)15-23(36)29(28)35)17-39(32(42)43)21-11-13-33(3,44)14-12-21/h4-10,15,19,21,44H,11-14,16-17H2,1-3H3,(H2,38,41)(H,42,43)/t19-,21?,33?,34-/m0/s1. The number of fused-ring (bicyclic) bond motifs is 1. The van der Waals surface area contributed by atoms with Gasteiger partial charge in [0.05, 0.1) is 22.7 Å². The van der Waals surface area contributed by atoms with Crippen LogP contribution in [0.15, 0.2) is 48.5 Å². The van der Waals surface area contributed by atoms with E-state index in [1.54, 1.807) is 44.2 Å². The Balaban J connectivity index is 1.71. The highest BCUT2D eigenvalue weighted by Crippen LogP contribution is 2.57. The van der Waals surface area contributed by atoms with Crippen LogP contribution in [0.25, 0.3) is 11.1 Å². The number of carbonyl (C=O) groups is 3. The molecule has 9 nitrogen and oxygen atoms in total. The first-order chi connectivity index (χ1) is 21.7. The highest BCUT2D eigenvalue weighted by atomic mass is 35.5. The molecule has 12 heteroatoms. The number of benzene rings is 3. The number of nitrogens with zero attached hydrogens (tertiary/aromatic N) is 1. The summed E-state index contributed by atoms with van der Waals surface area (Å²) in [6, 6.07) is 11.8. The molecule has 1 saturated carbocycles. The molecule has 0 bridgehead atoms. The van der Waals surface area contributed by atoms with Gasteiger partial charge in [-0.15, -0.1) is 0 Å². The summed E-state index contributed by atoms with van der Waals surface area (Å²) in [5.74, 6) is -4.64. The molecule has 1 aliphatic carbocycles. The van der Waals surface area contributed by atoms with Crippen molar-refractivity contribution in [2.45, 2.75) is 69.6 Å². The van der Waals surface area contributed by atoms with Crippen LogP contribution >= 0.6 is 11.6 Å². The Morgan fingerprint density at radius 2 is 1.76 bits per heavy atom. The Bertz CT molecular complexity index is 1690. The van der Waals surface area contributed by atoms with Gasteiger partial charge in [0.25, 0.3) is 0 Å². The quantitative estimate of drug-likeness (QED) is 0.242. The van der Waals surface area contributed by atoms with Crippen molar-refractivity contribution < 1.29 is 42.9 Å². The SMILES string of the molecule is CC(=O)COc1ccc(C(N)=O)c(-c2c(Cl)c(F)cc3c2[C@H](C)[C@@](CN(C(=O)O)C2CCC(C)(O)CC2)(c2ccccc2)O3)c1F. The zero-order chi connectivity index (χ0) is 33.6. The number of aliphatic hydroxyl groups is 1. The normalized spacial score (nSPS) is 23.7. The van der Waals surface area contributed by atoms with E-state index in [0.717, 1.165) is 12.1 Å². The number of halogens is 3. The van der Waals surface area contributed by atoms with Crippen molar-refractivity contribution in [1.82, 2.24) is 4.90 Å².